The van der Waals surface area contributed by atoms with Gasteiger partial charge < -0.3 is 0 Å². The van der Waals surface area contributed by atoms with Crippen LogP contribution in [-0.4, -0.2) is 4.92 Å². The van der Waals surface area contributed by atoms with Gasteiger partial charge in [0.15, 0.2) is 0 Å². The monoisotopic (exact) mass is 207 g/mol. The second-order valence-corrected chi connectivity index (χ2v) is 4.02. The lowest BCUT2D eigenvalue weighted by molar-refractivity contribution is -0.384. The van der Waals surface area contributed by atoms with Gasteiger partial charge in [-0.25, -0.2) is 0 Å². The van der Waals surface area contributed by atoms with E-state index >= 15 is 0 Å². The largest absolute Gasteiger partial charge is 0.269 e. The third kappa shape index (κ3) is 2.78. The Kier molecular flexibility index (Phi) is 3.83. The molecule has 1 aromatic rings. The Balaban J connectivity index is 2.84. The summed E-state index contributed by atoms with van der Waals surface area (Å²) in [7, 11) is 0. The molecular formula is C12H17NO2. The molecule has 0 aliphatic rings. The summed E-state index contributed by atoms with van der Waals surface area (Å²) in [5.41, 5.74) is 1.34. The highest BCUT2D eigenvalue weighted by Crippen LogP contribution is 2.27. The first kappa shape index (κ1) is 11.7. The van der Waals surface area contributed by atoms with Gasteiger partial charge in [0.1, 0.15) is 0 Å². The third-order valence-corrected chi connectivity index (χ3v) is 3.13. The minimum Gasteiger partial charge on any atom is -0.258 e. The molecule has 1 rings (SSSR count). The molecule has 0 saturated heterocycles. The zero-order valence-corrected chi connectivity index (χ0v) is 9.43. The Bertz CT molecular complexity index is 332. The van der Waals surface area contributed by atoms with Crippen LogP contribution in [-0.2, 0) is 0 Å². The first-order valence-corrected chi connectivity index (χ1v) is 5.30. The maximum Gasteiger partial charge on any atom is 0.269 e. The summed E-state index contributed by atoms with van der Waals surface area (Å²) >= 11 is 0. The number of hydrogen-bond donors (Lipinski definition) is 0. The van der Waals surface area contributed by atoms with E-state index in [2.05, 4.69) is 20.8 Å². The van der Waals surface area contributed by atoms with Crippen LogP contribution in [0.25, 0.3) is 0 Å². The van der Waals surface area contributed by atoms with Gasteiger partial charge in [-0.2, -0.15) is 0 Å². The molecule has 1 unspecified atom stereocenters. The average Bonchev–Trinajstić information content (AvgIpc) is 2.27. The van der Waals surface area contributed by atoms with E-state index in [1.54, 1.807) is 12.1 Å². The van der Waals surface area contributed by atoms with Crippen LogP contribution in [0, 0.1) is 16.0 Å². The zero-order valence-electron chi connectivity index (χ0n) is 9.43. The number of hydrogen-bond acceptors (Lipinski definition) is 2. The molecule has 1 aromatic carbocycles. The zero-order chi connectivity index (χ0) is 11.4. The molecule has 3 heteroatoms. The van der Waals surface area contributed by atoms with Gasteiger partial charge >= 0.3 is 0 Å². The number of nitrogens with zero attached hydrogens (tertiary/aromatic N) is 1. The Morgan fingerprint density at radius 1 is 1.27 bits per heavy atom. The molecule has 0 radical (unpaired) electrons. The van der Waals surface area contributed by atoms with Crippen molar-refractivity contribution in [2.45, 2.75) is 33.1 Å². The SMILES string of the molecule is CC[C@H](C)C(C)c1ccc([N+](=O)[O-])cc1. The van der Waals surface area contributed by atoms with E-state index < -0.39 is 0 Å². The van der Waals surface area contributed by atoms with E-state index in [9.17, 15) is 10.1 Å². The van der Waals surface area contributed by atoms with Crippen LogP contribution in [0.1, 0.15) is 38.7 Å². The summed E-state index contributed by atoms with van der Waals surface area (Å²) in [6.45, 7) is 6.52. The van der Waals surface area contributed by atoms with Crippen molar-refractivity contribution in [2.75, 3.05) is 0 Å². The van der Waals surface area contributed by atoms with Crippen molar-refractivity contribution in [2.24, 2.45) is 5.92 Å². The van der Waals surface area contributed by atoms with Gasteiger partial charge in [-0.1, -0.05) is 39.3 Å². The number of non-ortho nitro benzene ring substituents is 1. The van der Waals surface area contributed by atoms with Crippen molar-refractivity contribution in [1.29, 1.82) is 0 Å². The van der Waals surface area contributed by atoms with Crippen molar-refractivity contribution >= 4 is 5.69 Å². The third-order valence-electron chi connectivity index (χ3n) is 3.13. The summed E-state index contributed by atoms with van der Waals surface area (Å²) in [6.07, 6.45) is 1.12. The molecular weight excluding hydrogens is 190 g/mol. The van der Waals surface area contributed by atoms with Gasteiger partial charge in [0, 0.05) is 12.1 Å². The van der Waals surface area contributed by atoms with Crippen LogP contribution >= 0.6 is 0 Å². The van der Waals surface area contributed by atoms with E-state index in [4.69, 9.17) is 0 Å². The van der Waals surface area contributed by atoms with Gasteiger partial charge in [0.25, 0.3) is 5.69 Å². The number of rotatable bonds is 4. The quantitative estimate of drug-likeness (QED) is 0.557. The molecule has 0 heterocycles. The standard InChI is InChI=1S/C12H17NO2/c1-4-9(2)10(3)11-5-7-12(8-6-11)13(14)15/h5-10H,4H2,1-3H3/t9-,10?/m0/s1. The fourth-order valence-corrected chi connectivity index (χ4v) is 1.58. The summed E-state index contributed by atoms with van der Waals surface area (Å²) in [5.74, 6) is 1.06. The van der Waals surface area contributed by atoms with Crippen LogP contribution in [0.3, 0.4) is 0 Å². The predicted octanol–water partition coefficient (Wildman–Crippen LogP) is 3.74. The smallest absolute Gasteiger partial charge is 0.258 e. The highest BCUT2D eigenvalue weighted by atomic mass is 16.6. The van der Waals surface area contributed by atoms with Crippen LogP contribution in [0.2, 0.25) is 0 Å². The van der Waals surface area contributed by atoms with Crippen molar-refractivity contribution in [3.63, 3.8) is 0 Å². The van der Waals surface area contributed by atoms with E-state index in [1.165, 1.54) is 5.56 Å². The Morgan fingerprint density at radius 3 is 2.20 bits per heavy atom. The molecule has 0 aliphatic carbocycles. The Labute approximate surface area is 90.3 Å². The van der Waals surface area contributed by atoms with Crippen molar-refractivity contribution in [1.82, 2.24) is 0 Å². The van der Waals surface area contributed by atoms with Crippen LogP contribution in [0.15, 0.2) is 24.3 Å². The molecule has 0 fully saturated rings. The maximum absolute atomic E-state index is 10.5. The lowest BCUT2D eigenvalue weighted by Gasteiger charge is -2.18. The second-order valence-electron chi connectivity index (χ2n) is 4.02. The Hall–Kier alpha value is -1.38. The van der Waals surface area contributed by atoms with Crippen molar-refractivity contribution in [3.8, 4) is 0 Å². The van der Waals surface area contributed by atoms with Gasteiger partial charge in [-0.05, 0) is 17.4 Å². The maximum atomic E-state index is 10.5. The van der Waals surface area contributed by atoms with Gasteiger partial charge in [0.2, 0.25) is 0 Å². The highest BCUT2D eigenvalue weighted by molar-refractivity contribution is 5.34. The van der Waals surface area contributed by atoms with Gasteiger partial charge in [0.05, 0.1) is 4.92 Å². The Morgan fingerprint density at radius 2 is 1.80 bits per heavy atom. The minimum atomic E-state index is -0.363. The van der Waals surface area contributed by atoms with Crippen LogP contribution in [0.5, 0.6) is 0 Å². The van der Waals surface area contributed by atoms with E-state index in [0.717, 1.165) is 6.42 Å². The summed E-state index contributed by atoms with van der Waals surface area (Å²) < 4.78 is 0. The fraction of sp³-hybridized carbons (Fsp3) is 0.500. The fourth-order valence-electron chi connectivity index (χ4n) is 1.58. The van der Waals surface area contributed by atoms with Gasteiger partial charge in [-0.15, -0.1) is 0 Å². The molecule has 0 bridgehead atoms. The molecule has 0 saturated carbocycles. The predicted molar refractivity (Wildman–Crippen MR) is 61.0 cm³/mol. The van der Waals surface area contributed by atoms with Crippen LogP contribution < -0.4 is 0 Å². The lowest BCUT2D eigenvalue weighted by atomic mass is 9.87. The van der Waals surface area contributed by atoms with E-state index in [1.807, 2.05) is 12.1 Å². The highest BCUT2D eigenvalue weighted by Gasteiger charge is 2.13. The van der Waals surface area contributed by atoms with Gasteiger partial charge in [-0.3, -0.25) is 10.1 Å². The second kappa shape index (κ2) is 4.91. The molecule has 82 valence electrons. The summed E-state index contributed by atoms with van der Waals surface area (Å²) in [6, 6.07) is 6.87. The molecule has 0 aromatic heterocycles. The number of benzene rings is 1. The summed E-state index contributed by atoms with van der Waals surface area (Å²) in [4.78, 5) is 10.1. The molecule has 0 N–H and O–H groups in total. The lowest BCUT2D eigenvalue weighted by Crippen LogP contribution is -2.04. The van der Waals surface area contributed by atoms with Crippen molar-refractivity contribution in [3.05, 3.63) is 39.9 Å². The molecule has 2 atom stereocenters. The normalized spacial score (nSPS) is 14.6. The van der Waals surface area contributed by atoms with E-state index in [0.29, 0.717) is 11.8 Å². The molecule has 3 nitrogen and oxygen atoms in total. The molecule has 0 amide bonds. The topological polar surface area (TPSA) is 43.1 Å². The molecule has 0 aliphatic heterocycles. The average molecular weight is 207 g/mol. The number of nitro groups is 1. The molecule has 15 heavy (non-hydrogen) atoms. The summed E-state index contributed by atoms with van der Waals surface area (Å²) in [5, 5.41) is 10.5. The first-order chi connectivity index (χ1) is 7.06. The van der Waals surface area contributed by atoms with Crippen LogP contribution in [0.4, 0.5) is 5.69 Å². The molecule has 0 spiro atoms. The first-order valence-electron chi connectivity index (χ1n) is 5.30. The van der Waals surface area contributed by atoms with E-state index in [-0.39, 0.29) is 10.6 Å². The number of nitro benzene ring substituents is 1. The minimum absolute atomic E-state index is 0.162. The van der Waals surface area contributed by atoms with Crippen molar-refractivity contribution < 1.29 is 4.92 Å².